The van der Waals surface area contributed by atoms with Gasteiger partial charge in [0.05, 0.1) is 21.5 Å². The highest BCUT2D eigenvalue weighted by Gasteiger charge is 2.20. The van der Waals surface area contributed by atoms with Gasteiger partial charge in [-0.15, -0.1) is 0 Å². The fourth-order valence-electron chi connectivity index (χ4n) is 2.11. The highest BCUT2D eigenvalue weighted by Crippen LogP contribution is 2.23. The number of nitrogens with zero attached hydrogens (tertiary/aromatic N) is 2. The first-order valence-corrected chi connectivity index (χ1v) is 7.45. The molecule has 26 heavy (non-hydrogen) atoms. The summed E-state index contributed by atoms with van der Waals surface area (Å²) in [5.41, 5.74) is -0.612. The molecule has 0 bridgehead atoms. The normalized spacial score (nSPS) is 10.0. The van der Waals surface area contributed by atoms with Crippen LogP contribution < -0.4 is 10.6 Å². The molecule has 0 aliphatic rings. The van der Waals surface area contributed by atoms with Gasteiger partial charge in [0.15, 0.2) is 0 Å². The maximum absolute atomic E-state index is 12.2. The molecule has 0 saturated carbocycles. The lowest BCUT2D eigenvalue weighted by Gasteiger charge is -2.07. The van der Waals surface area contributed by atoms with Crippen molar-refractivity contribution >= 4 is 28.9 Å². The van der Waals surface area contributed by atoms with Crippen LogP contribution in [-0.4, -0.2) is 28.2 Å². The summed E-state index contributed by atoms with van der Waals surface area (Å²) in [4.78, 5) is 44.1. The van der Waals surface area contributed by atoms with E-state index in [2.05, 4.69) is 10.6 Å². The summed E-state index contributed by atoms with van der Waals surface area (Å²) in [5, 5.41) is 26.9. The van der Waals surface area contributed by atoms with Crippen molar-refractivity contribution in [3.63, 3.8) is 0 Å². The van der Waals surface area contributed by atoms with Crippen molar-refractivity contribution in [2.24, 2.45) is 0 Å². The third kappa shape index (κ3) is 4.38. The number of amides is 2. The van der Waals surface area contributed by atoms with Gasteiger partial charge in [0, 0.05) is 29.9 Å². The number of rotatable bonds is 6. The molecule has 2 N–H and O–H groups in total. The number of non-ortho nitro benzene ring substituents is 2. The van der Waals surface area contributed by atoms with E-state index in [1.807, 2.05) is 0 Å². The van der Waals surface area contributed by atoms with Crippen LogP contribution in [0.2, 0.25) is 0 Å². The molecule has 2 aromatic carbocycles. The maximum Gasteiger partial charge on any atom is 0.277 e. The van der Waals surface area contributed by atoms with Gasteiger partial charge in [-0.05, 0) is 31.2 Å². The standard InChI is InChI=1S/C16H14N4O6/c1-2-17-15(21)10-3-5-12(6-4-10)18-16(22)11-7-13(19(23)24)9-14(8-11)20(25)26/h3-9H,2H2,1H3,(H,17,21)(H,18,22). The van der Waals surface area contributed by atoms with Crippen molar-refractivity contribution in [3.8, 4) is 0 Å². The lowest BCUT2D eigenvalue weighted by Crippen LogP contribution is -2.22. The molecule has 0 aromatic heterocycles. The Balaban J connectivity index is 2.23. The molecule has 0 unspecified atom stereocenters. The van der Waals surface area contributed by atoms with Crippen LogP contribution in [0, 0.1) is 20.2 Å². The maximum atomic E-state index is 12.2. The third-order valence-electron chi connectivity index (χ3n) is 3.33. The van der Waals surface area contributed by atoms with Gasteiger partial charge >= 0.3 is 0 Å². The van der Waals surface area contributed by atoms with E-state index in [0.717, 1.165) is 18.2 Å². The SMILES string of the molecule is CCNC(=O)c1ccc(NC(=O)c2cc([N+](=O)[O-])cc([N+](=O)[O-])c2)cc1. The molecule has 0 spiro atoms. The number of hydrogen-bond donors (Lipinski definition) is 2. The van der Waals surface area contributed by atoms with Gasteiger partial charge in [-0.3, -0.25) is 29.8 Å². The monoisotopic (exact) mass is 358 g/mol. The second-order valence-corrected chi connectivity index (χ2v) is 5.14. The van der Waals surface area contributed by atoms with Crippen molar-refractivity contribution in [1.82, 2.24) is 5.32 Å². The van der Waals surface area contributed by atoms with Gasteiger partial charge < -0.3 is 10.6 Å². The molecule has 0 heterocycles. The predicted octanol–water partition coefficient (Wildman–Crippen LogP) is 2.51. The zero-order chi connectivity index (χ0) is 19.3. The molecular weight excluding hydrogens is 344 g/mol. The first-order chi connectivity index (χ1) is 12.3. The van der Waals surface area contributed by atoms with Crippen LogP contribution in [0.3, 0.4) is 0 Å². The Bertz CT molecular complexity index is 847. The van der Waals surface area contributed by atoms with Gasteiger partial charge in [-0.1, -0.05) is 0 Å². The molecular formula is C16H14N4O6. The molecule has 0 saturated heterocycles. The average Bonchev–Trinajstić information content (AvgIpc) is 2.62. The molecule has 0 atom stereocenters. The van der Waals surface area contributed by atoms with Crippen molar-refractivity contribution < 1.29 is 19.4 Å². The van der Waals surface area contributed by atoms with Gasteiger partial charge in [-0.25, -0.2) is 0 Å². The Morgan fingerprint density at radius 1 is 0.885 bits per heavy atom. The molecule has 0 radical (unpaired) electrons. The number of anilines is 1. The van der Waals surface area contributed by atoms with Gasteiger partial charge in [0.25, 0.3) is 23.2 Å². The van der Waals surface area contributed by atoms with Crippen LogP contribution >= 0.6 is 0 Å². The minimum atomic E-state index is -0.815. The Labute approximate surface area is 147 Å². The second kappa shape index (κ2) is 7.83. The first kappa shape index (κ1) is 18.5. The fourth-order valence-corrected chi connectivity index (χ4v) is 2.11. The summed E-state index contributed by atoms with van der Waals surface area (Å²) in [6, 6.07) is 8.63. The number of carbonyl (C=O) groups excluding carboxylic acids is 2. The number of nitro benzene ring substituents is 2. The van der Waals surface area contributed by atoms with E-state index in [4.69, 9.17) is 0 Å². The lowest BCUT2D eigenvalue weighted by molar-refractivity contribution is -0.394. The number of carbonyl (C=O) groups is 2. The van der Waals surface area contributed by atoms with E-state index in [1.165, 1.54) is 24.3 Å². The molecule has 2 amide bonds. The zero-order valence-electron chi connectivity index (χ0n) is 13.6. The average molecular weight is 358 g/mol. The van der Waals surface area contributed by atoms with E-state index in [0.29, 0.717) is 17.8 Å². The Kier molecular flexibility index (Phi) is 5.58. The third-order valence-corrected chi connectivity index (χ3v) is 3.33. The highest BCUT2D eigenvalue weighted by molar-refractivity contribution is 6.05. The largest absolute Gasteiger partial charge is 0.352 e. The van der Waals surface area contributed by atoms with Crippen LogP contribution in [0.25, 0.3) is 0 Å². The fraction of sp³-hybridized carbons (Fsp3) is 0.125. The van der Waals surface area contributed by atoms with Crippen LogP contribution in [0.15, 0.2) is 42.5 Å². The minimum absolute atomic E-state index is 0.223. The molecule has 0 aliphatic carbocycles. The van der Waals surface area contributed by atoms with Crippen molar-refractivity contribution in [2.75, 3.05) is 11.9 Å². The first-order valence-electron chi connectivity index (χ1n) is 7.45. The Hall–Kier alpha value is -3.82. The van der Waals surface area contributed by atoms with E-state index in [-0.39, 0.29) is 11.5 Å². The number of benzene rings is 2. The van der Waals surface area contributed by atoms with E-state index in [9.17, 15) is 29.8 Å². The topological polar surface area (TPSA) is 144 Å². The minimum Gasteiger partial charge on any atom is -0.352 e. The van der Waals surface area contributed by atoms with E-state index in [1.54, 1.807) is 6.92 Å². The molecule has 2 rings (SSSR count). The van der Waals surface area contributed by atoms with Crippen LogP contribution in [0.5, 0.6) is 0 Å². The van der Waals surface area contributed by atoms with Gasteiger partial charge in [-0.2, -0.15) is 0 Å². The van der Waals surface area contributed by atoms with Crippen LogP contribution in [0.4, 0.5) is 17.1 Å². The number of nitro groups is 2. The number of nitrogens with one attached hydrogen (secondary N) is 2. The molecule has 0 aliphatic heterocycles. The molecule has 10 heteroatoms. The Morgan fingerprint density at radius 2 is 1.42 bits per heavy atom. The summed E-state index contributed by atoms with van der Waals surface area (Å²) in [6.45, 7) is 2.26. The van der Waals surface area contributed by atoms with Crippen molar-refractivity contribution in [3.05, 3.63) is 73.8 Å². The molecule has 134 valence electrons. The van der Waals surface area contributed by atoms with Crippen LogP contribution in [-0.2, 0) is 0 Å². The van der Waals surface area contributed by atoms with Crippen molar-refractivity contribution in [2.45, 2.75) is 6.92 Å². The summed E-state index contributed by atoms with van der Waals surface area (Å²) >= 11 is 0. The number of hydrogen-bond acceptors (Lipinski definition) is 6. The predicted molar refractivity (Wildman–Crippen MR) is 92.2 cm³/mol. The second-order valence-electron chi connectivity index (χ2n) is 5.14. The van der Waals surface area contributed by atoms with E-state index < -0.39 is 27.1 Å². The highest BCUT2D eigenvalue weighted by atomic mass is 16.6. The lowest BCUT2D eigenvalue weighted by atomic mass is 10.1. The van der Waals surface area contributed by atoms with E-state index >= 15 is 0 Å². The molecule has 10 nitrogen and oxygen atoms in total. The summed E-state index contributed by atoms with van der Waals surface area (Å²) < 4.78 is 0. The molecule has 2 aromatic rings. The van der Waals surface area contributed by atoms with Gasteiger partial charge in [0.1, 0.15) is 0 Å². The smallest absolute Gasteiger partial charge is 0.277 e. The molecule has 0 fully saturated rings. The quantitative estimate of drug-likeness (QED) is 0.599. The van der Waals surface area contributed by atoms with Gasteiger partial charge in [0.2, 0.25) is 0 Å². The summed E-state index contributed by atoms with van der Waals surface area (Å²) in [5.74, 6) is -1.01. The Morgan fingerprint density at radius 3 is 1.88 bits per heavy atom. The van der Waals surface area contributed by atoms with Crippen molar-refractivity contribution in [1.29, 1.82) is 0 Å². The van der Waals surface area contributed by atoms with Crippen LogP contribution in [0.1, 0.15) is 27.6 Å². The zero-order valence-corrected chi connectivity index (χ0v) is 13.6. The summed E-state index contributed by atoms with van der Waals surface area (Å²) in [6.07, 6.45) is 0. The summed E-state index contributed by atoms with van der Waals surface area (Å²) in [7, 11) is 0.